The molecule has 25 heavy (non-hydrogen) atoms. The zero-order chi connectivity index (χ0) is 16.9. The molecule has 5 nitrogen and oxygen atoms in total. The summed E-state index contributed by atoms with van der Waals surface area (Å²) < 4.78 is 42.6. The van der Waals surface area contributed by atoms with E-state index < -0.39 is 11.7 Å². The number of hydrogen-bond donors (Lipinski definition) is 2. The van der Waals surface area contributed by atoms with E-state index >= 15 is 0 Å². The van der Waals surface area contributed by atoms with Gasteiger partial charge in [-0.15, -0.1) is 24.8 Å². The van der Waals surface area contributed by atoms with Crippen LogP contribution in [0.5, 0.6) is 5.88 Å². The standard InChI is InChI=1S/C14H17ClF3N3O2.2ClH/c15-11-6-9(14(16,17)18)8-21-13(11)23-5-4-20-12(22)7-10-2-1-3-19-10;;/h6,8,10,19H,1-5,7H2,(H,20,22);2*1H. The molecule has 0 saturated carbocycles. The molecule has 1 aliphatic rings. The molecule has 1 saturated heterocycles. The lowest BCUT2D eigenvalue weighted by atomic mass is 10.1. The number of carbonyl (C=O) groups is 1. The zero-order valence-electron chi connectivity index (χ0n) is 13.1. The van der Waals surface area contributed by atoms with E-state index in [2.05, 4.69) is 15.6 Å². The fraction of sp³-hybridized carbons (Fsp3) is 0.571. The van der Waals surface area contributed by atoms with Gasteiger partial charge in [0.25, 0.3) is 0 Å². The van der Waals surface area contributed by atoms with Gasteiger partial charge in [-0.3, -0.25) is 4.79 Å². The van der Waals surface area contributed by atoms with Gasteiger partial charge in [0, 0.05) is 18.7 Å². The second-order valence-electron chi connectivity index (χ2n) is 5.20. The van der Waals surface area contributed by atoms with Gasteiger partial charge in [0.1, 0.15) is 11.6 Å². The molecule has 1 atom stereocenters. The summed E-state index contributed by atoms with van der Waals surface area (Å²) in [5, 5.41) is 5.68. The van der Waals surface area contributed by atoms with Gasteiger partial charge in [-0.2, -0.15) is 13.2 Å². The Morgan fingerprint density at radius 3 is 2.72 bits per heavy atom. The molecule has 0 aliphatic carbocycles. The minimum Gasteiger partial charge on any atom is -0.475 e. The molecule has 0 radical (unpaired) electrons. The molecule has 0 bridgehead atoms. The highest BCUT2D eigenvalue weighted by atomic mass is 35.5. The highest BCUT2D eigenvalue weighted by Crippen LogP contribution is 2.32. The lowest BCUT2D eigenvalue weighted by Crippen LogP contribution is -2.34. The van der Waals surface area contributed by atoms with Crippen LogP contribution in [0.2, 0.25) is 5.02 Å². The summed E-state index contributed by atoms with van der Waals surface area (Å²) in [6.45, 7) is 1.23. The predicted octanol–water partition coefficient (Wildman–Crippen LogP) is 3.23. The van der Waals surface area contributed by atoms with Crippen molar-refractivity contribution in [2.75, 3.05) is 19.7 Å². The van der Waals surface area contributed by atoms with Crippen LogP contribution in [0.4, 0.5) is 13.2 Å². The van der Waals surface area contributed by atoms with Crippen molar-refractivity contribution in [2.45, 2.75) is 31.5 Å². The average molecular weight is 425 g/mol. The van der Waals surface area contributed by atoms with Crippen LogP contribution in [0.1, 0.15) is 24.8 Å². The van der Waals surface area contributed by atoms with Crippen molar-refractivity contribution < 1.29 is 22.7 Å². The number of nitrogens with one attached hydrogen (secondary N) is 2. The number of ether oxygens (including phenoxy) is 1. The number of rotatable bonds is 6. The Balaban J connectivity index is 0.00000288. The largest absolute Gasteiger partial charge is 0.475 e. The predicted molar refractivity (Wildman–Crippen MR) is 92.9 cm³/mol. The topological polar surface area (TPSA) is 63.2 Å². The SMILES string of the molecule is Cl.Cl.O=C(CC1CCCN1)NCCOc1ncc(C(F)(F)F)cc1Cl. The maximum absolute atomic E-state index is 12.5. The third-order valence-corrected chi connectivity index (χ3v) is 3.66. The summed E-state index contributed by atoms with van der Waals surface area (Å²) in [6, 6.07) is 0.968. The third kappa shape index (κ3) is 7.85. The van der Waals surface area contributed by atoms with E-state index in [0.717, 1.165) is 25.5 Å². The molecule has 1 aromatic heterocycles. The third-order valence-electron chi connectivity index (χ3n) is 3.39. The molecule has 2 heterocycles. The van der Waals surface area contributed by atoms with Crippen LogP contribution >= 0.6 is 36.4 Å². The number of amides is 1. The number of aromatic nitrogens is 1. The van der Waals surface area contributed by atoms with E-state index in [1.807, 2.05) is 0 Å². The Labute approximate surface area is 160 Å². The maximum atomic E-state index is 12.5. The Bertz CT molecular complexity index is 556. The first-order valence-corrected chi connectivity index (χ1v) is 7.59. The van der Waals surface area contributed by atoms with Crippen molar-refractivity contribution in [3.05, 3.63) is 22.8 Å². The molecule has 2 N–H and O–H groups in total. The number of nitrogens with zero attached hydrogens (tertiary/aromatic N) is 1. The minimum atomic E-state index is -4.50. The molecule has 1 fully saturated rings. The van der Waals surface area contributed by atoms with Gasteiger partial charge in [-0.25, -0.2) is 4.98 Å². The highest BCUT2D eigenvalue weighted by molar-refractivity contribution is 6.31. The van der Waals surface area contributed by atoms with Crippen LogP contribution in [0.25, 0.3) is 0 Å². The summed E-state index contributed by atoms with van der Waals surface area (Å²) in [5.41, 5.74) is -0.938. The zero-order valence-corrected chi connectivity index (χ0v) is 15.5. The van der Waals surface area contributed by atoms with Crippen molar-refractivity contribution in [3.8, 4) is 5.88 Å². The van der Waals surface area contributed by atoms with Crippen LogP contribution in [-0.2, 0) is 11.0 Å². The lowest BCUT2D eigenvalue weighted by Gasteiger charge is -2.12. The van der Waals surface area contributed by atoms with Crippen LogP contribution in [0, 0.1) is 0 Å². The number of carbonyl (C=O) groups excluding carboxylic acids is 1. The van der Waals surface area contributed by atoms with Gasteiger partial charge in [0.2, 0.25) is 11.8 Å². The van der Waals surface area contributed by atoms with Crippen molar-refractivity contribution in [1.82, 2.24) is 15.6 Å². The van der Waals surface area contributed by atoms with Gasteiger partial charge in [0.05, 0.1) is 12.1 Å². The lowest BCUT2D eigenvalue weighted by molar-refractivity contribution is -0.137. The van der Waals surface area contributed by atoms with Gasteiger partial charge in [-0.05, 0) is 25.5 Å². The van der Waals surface area contributed by atoms with Crippen LogP contribution in [0.3, 0.4) is 0 Å². The Hall–Kier alpha value is -0.960. The molecule has 1 aromatic rings. The average Bonchev–Trinajstić information content (AvgIpc) is 2.96. The van der Waals surface area contributed by atoms with E-state index in [-0.39, 0.29) is 60.8 Å². The number of hydrogen-bond acceptors (Lipinski definition) is 4. The van der Waals surface area contributed by atoms with Crippen LogP contribution in [0.15, 0.2) is 12.3 Å². The van der Waals surface area contributed by atoms with Crippen LogP contribution < -0.4 is 15.4 Å². The Kier molecular flexibility index (Phi) is 10.5. The Morgan fingerprint density at radius 2 is 2.16 bits per heavy atom. The highest BCUT2D eigenvalue weighted by Gasteiger charge is 2.31. The summed E-state index contributed by atoms with van der Waals surface area (Å²) in [5.74, 6) is -0.189. The summed E-state index contributed by atoms with van der Waals surface area (Å²) in [4.78, 5) is 15.2. The maximum Gasteiger partial charge on any atom is 0.417 e. The summed E-state index contributed by atoms with van der Waals surface area (Å²) in [6.07, 6.45) is -1.39. The number of pyridine rings is 1. The van der Waals surface area contributed by atoms with Crippen molar-refractivity contribution >= 4 is 42.3 Å². The fourth-order valence-corrected chi connectivity index (χ4v) is 2.47. The minimum absolute atomic E-state index is 0. The van der Waals surface area contributed by atoms with Crippen molar-refractivity contribution in [1.29, 1.82) is 0 Å². The second kappa shape index (κ2) is 10.9. The van der Waals surface area contributed by atoms with Gasteiger partial charge >= 0.3 is 6.18 Å². The fourth-order valence-electron chi connectivity index (χ4n) is 2.25. The molecule has 2 rings (SSSR count). The van der Waals surface area contributed by atoms with E-state index in [1.165, 1.54) is 0 Å². The van der Waals surface area contributed by atoms with E-state index in [1.54, 1.807) is 0 Å². The molecule has 1 aliphatic heterocycles. The molecule has 11 heteroatoms. The van der Waals surface area contributed by atoms with Crippen molar-refractivity contribution in [3.63, 3.8) is 0 Å². The van der Waals surface area contributed by atoms with E-state index in [9.17, 15) is 18.0 Å². The Morgan fingerprint density at radius 1 is 1.44 bits per heavy atom. The molecule has 0 spiro atoms. The second-order valence-corrected chi connectivity index (χ2v) is 5.61. The first-order chi connectivity index (χ1) is 10.9. The molecule has 0 aromatic carbocycles. The normalized spacial score (nSPS) is 16.6. The smallest absolute Gasteiger partial charge is 0.417 e. The van der Waals surface area contributed by atoms with Gasteiger partial charge < -0.3 is 15.4 Å². The quantitative estimate of drug-likeness (QED) is 0.688. The summed E-state index contributed by atoms with van der Waals surface area (Å²) >= 11 is 5.71. The molecular formula is C14H19Cl3F3N3O2. The monoisotopic (exact) mass is 423 g/mol. The molecule has 1 unspecified atom stereocenters. The molecular weight excluding hydrogens is 406 g/mol. The van der Waals surface area contributed by atoms with Crippen molar-refractivity contribution in [2.24, 2.45) is 0 Å². The van der Waals surface area contributed by atoms with E-state index in [0.29, 0.717) is 12.6 Å². The van der Waals surface area contributed by atoms with Gasteiger partial charge in [-0.1, -0.05) is 11.6 Å². The molecule has 144 valence electrons. The molecule has 1 amide bonds. The summed E-state index contributed by atoms with van der Waals surface area (Å²) in [7, 11) is 0. The van der Waals surface area contributed by atoms with Crippen LogP contribution in [-0.4, -0.2) is 36.6 Å². The van der Waals surface area contributed by atoms with Gasteiger partial charge in [0.15, 0.2) is 0 Å². The first kappa shape index (κ1) is 24.0. The first-order valence-electron chi connectivity index (χ1n) is 7.22. The number of halogens is 6. The van der Waals surface area contributed by atoms with E-state index in [4.69, 9.17) is 16.3 Å². The number of alkyl halides is 3.